The SMILES string of the molecule is CC(C)CC(N)C(=O)O.CC(C)CC(N)C(=O)O.CCC(C)C(N)C(=O)O.NC(=O)CCC(N)C(=O)O.NC(Cc1c[nH]c2ccccc12)C(=O)O.NC(Cc1ccccc1)C(=O)O.NC(N)=NCCCC(N)C(=O)O. The van der Waals surface area contributed by atoms with E-state index >= 15 is 0 Å². The Bertz CT molecular complexity index is 2150. The van der Waals surface area contributed by atoms with Gasteiger partial charge in [-0.05, 0) is 73.5 Å². The molecule has 28 N–H and O–H groups in total. The van der Waals surface area contributed by atoms with Crippen LogP contribution < -0.4 is 57.3 Å². The number of carbonyl (C=O) groups is 8. The number of nitrogens with two attached hydrogens (primary N) is 10. The molecule has 0 aliphatic heterocycles. The zero-order valence-electron chi connectivity index (χ0n) is 44.2. The number of H-pyrrole nitrogens is 1. The lowest BCUT2D eigenvalue weighted by Gasteiger charge is -2.11. The van der Waals surface area contributed by atoms with Crippen molar-refractivity contribution in [2.45, 2.75) is 142 Å². The lowest BCUT2D eigenvalue weighted by molar-refractivity contribution is -0.140. The number of aromatic nitrogens is 1. The largest absolute Gasteiger partial charge is 0.480 e. The molecule has 0 saturated heterocycles. The minimum absolute atomic E-state index is 0.0129. The molecule has 0 aliphatic carbocycles. The first-order valence-electron chi connectivity index (χ1n) is 23.9. The number of hydrogen-bond donors (Lipinski definition) is 18. The molecule has 0 radical (unpaired) electrons. The van der Waals surface area contributed by atoms with Gasteiger partial charge in [-0.3, -0.25) is 43.3 Å². The standard InChI is InChI=1S/C11H12N2O2.C9H11NO2.C6H14N4O2.3C6H13NO2.C5H10N2O3/c12-9(11(14)15)5-7-6-13-10-4-2-1-3-8(7)10;10-8(9(11)12)6-7-4-2-1-3-5-7;7-4(5(11)12)2-1-3-10-6(8)9;2*1-4(2)3-5(7)6(8)9;1-3-4(2)5(7)6(8)9;6-3(5(9)10)1-2-4(7)8/h1-4,6,9,13H,5,12H2,(H,14,15);1-5,8H,6,10H2,(H,11,12);4H,1-3,7H2,(H,11,12)(H4,8,9,10);3*4-5H,3,7H2,1-2H3,(H,8,9);3H,1-2,6H2,(H2,7,8)(H,9,10). The maximum Gasteiger partial charge on any atom is 0.320 e. The molecule has 2 aromatic carbocycles. The normalized spacial score (nSPS) is 13.3. The molecule has 27 nitrogen and oxygen atoms in total. The van der Waals surface area contributed by atoms with Crippen molar-refractivity contribution in [1.29, 1.82) is 0 Å². The molecule has 0 saturated carbocycles. The summed E-state index contributed by atoms with van der Waals surface area (Å²) in [5.74, 6) is -6.51. The topological polar surface area (TPSA) is 567 Å². The molecular weight excluding hydrogens is 997 g/mol. The second-order valence-corrected chi connectivity index (χ2v) is 17.9. The molecule has 0 fully saturated rings. The summed E-state index contributed by atoms with van der Waals surface area (Å²) in [4.78, 5) is 88.5. The van der Waals surface area contributed by atoms with Crippen LogP contribution in [-0.2, 0) is 51.2 Å². The van der Waals surface area contributed by atoms with E-state index in [1.54, 1.807) is 0 Å². The summed E-state index contributed by atoms with van der Waals surface area (Å²) in [6.45, 7) is 12.0. The van der Waals surface area contributed by atoms with Gasteiger partial charge in [0.2, 0.25) is 5.91 Å². The second-order valence-electron chi connectivity index (χ2n) is 17.9. The number of carboxylic acid groups (broad SMARTS) is 7. The van der Waals surface area contributed by atoms with Gasteiger partial charge in [-0.15, -0.1) is 0 Å². The number of carboxylic acids is 7. The number of guanidine groups is 1. The molecule has 1 amide bonds. The molecule has 432 valence electrons. The molecule has 0 bridgehead atoms. The van der Waals surface area contributed by atoms with Crippen LogP contribution in [0.1, 0.15) is 97.6 Å². The van der Waals surface area contributed by atoms with E-state index in [0.717, 1.165) is 28.5 Å². The highest BCUT2D eigenvalue weighted by molar-refractivity contribution is 5.84. The smallest absolute Gasteiger partial charge is 0.320 e. The molecular formula is C49H86N12O15. The van der Waals surface area contributed by atoms with Gasteiger partial charge >= 0.3 is 41.8 Å². The number of benzene rings is 2. The first kappa shape index (κ1) is 75.2. The average Bonchev–Trinajstić information content (AvgIpc) is 3.74. The third-order valence-electron chi connectivity index (χ3n) is 9.98. The molecule has 27 heteroatoms. The van der Waals surface area contributed by atoms with E-state index < -0.39 is 90.0 Å². The van der Waals surface area contributed by atoms with Gasteiger partial charge in [0.15, 0.2) is 5.96 Å². The quantitative estimate of drug-likeness (QED) is 0.0324. The van der Waals surface area contributed by atoms with Crippen LogP contribution in [-0.4, -0.2) is 143 Å². The van der Waals surface area contributed by atoms with Gasteiger partial charge < -0.3 is 98.1 Å². The van der Waals surface area contributed by atoms with Crippen molar-refractivity contribution >= 4 is 64.6 Å². The van der Waals surface area contributed by atoms with Crippen LogP contribution >= 0.6 is 0 Å². The van der Waals surface area contributed by atoms with E-state index in [9.17, 15) is 38.4 Å². The number of aromatic amines is 1. The number of fused-ring (bicyclic) bond motifs is 1. The van der Waals surface area contributed by atoms with E-state index in [-0.39, 0.29) is 24.7 Å². The van der Waals surface area contributed by atoms with Crippen molar-refractivity contribution in [3.05, 3.63) is 71.9 Å². The summed E-state index contributed by atoms with van der Waals surface area (Å²) in [6, 6.07) is 11.6. The summed E-state index contributed by atoms with van der Waals surface area (Å²) in [5.41, 5.74) is 54.6. The monoisotopic (exact) mass is 1080 g/mol. The first-order valence-corrected chi connectivity index (χ1v) is 23.9. The Morgan fingerprint density at radius 1 is 0.526 bits per heavy atom. The van der Waals surface area contributed by atoms with Crippen LogP contribution in [0.2, 0.25) is 0 Å². The van der Waals surface area contributed by atoms with E-state index in [4.69, 9.17) is 93.1 Å². The minimum atomic E-state index is -1.11. The highest BCUT2D eigenvalue weighted by Gasteiger charge is 2.18. The fourth-order valence-corrected chi connectivity index (χ4v) is 5.36. The molecule has 76 heavy (non-hydrogen) atoms. The number of hydrogen-bond acceptors (Lipinski definition) is 16. The number of amides is 1. The predicted molar refractivity (Wildman–Crippen MR) is 288 cm³/mol. The molecule has 0 spiro atoms. The van der Waals surface area contributed by atoms with Crippen LogP contribution in [0, 0.1) is 17.8 Å². The van der Waals surface area contributed by atoms with E-state index in [1.165, 1.54) is 0 Å². The number of carbonyl (C=O) groups excluding carboxylic acids is 1. The highest BCUT2D eigenvalue weighted by Crippen LogP contribution is 2.18. The molecule has 0 aliphatic rings. The Morgan fingerprint density at radius 3 is 1.29 bits per heavy atom. The van der Waals surface area contributed by atoms with Gasteiger partial charge in [0, 0.05) is 36.5 Å². The minimum Gasteiger partial charge on any atom is -0.480 e. The number of rotatable bonds is 24. The Kier molecular flexibility index (Phi) is 42.6. The maximum atomic E-state index is 10.6. The zero-order valence-corrected chi connectivity index (χ0v) is 44.2. The molecule has 1 heterocycles. The Balaban J connectivity index is -0.000000402. The maximum absolute atomic E-state index is 10.6. The van der Waals surface area contributed by atoms with Gasteiger partial charge in [0.25, 0.3) is 0 Å². The highest BCUT2D eigenvalue weighted by atomic mass is 16.4. The van der Waals surface area contributed by atoms with Crippen molar-refractivity contribution in [2.75, 3.05) is 6.54 Å². The van der Waals surface area contributed by atoms with Crippen LogP contribution in [0.15, 0.2) is 65.8 Å². The third-order valence-corrected chi connectivity index (χ3v) is 9.98. The van der Waals surface area contributed by atoms with Crippen molar-refractivity contribution in [3.63, 3.8) is 0 Å². The Labute approximate surface area is 442 Å². The summed E-state index contributed by atoms with van der Waals surface area (Å²) in [7, 11) is 0. The number of nitrogens with one attached hydrogen (secondary N) is 1. The summed E-state index contributed by atoms with van der Waals surface area (Å²) < 4.78 is 0. The van der Waals surface area contributed by atoms with Gasteiger partial charge in [-0.25, -0.2) is 0 Å². The van der Waals surface area contributed by atoms with Crippen LogP contribution in [0.3, 0.4) is 0 Å². The van der Waals surface area contributed by atoms with Crippen LogP contribution in [0.5, 0.6) is 0 Å². The molecule has 3 aromatic rings. The van der Waals surface area contributed by atoms with Gasteiger partial charge in [-0.1, -0.05) is 96.5 Å². The Morgan fingerprint density at radius 2 is 0.934 bits per heavy atom. The molecule has 3 rings (SSSR count). The van der Waals surface area contributed by atoms with Crippen LogP contribution in [0.25, 0.3) is 10.9 Å². The van der Waals surface area contributed by atoms with Crippen molar-refractivity contribution in [1.82, 2.24) is 4.98 Å². The summed E-state index contributed by atoms with van der Waals surface area (Å²) in [6.07, 6.45) is 5.54. The molecule has 1 aromatic heterocycles. The molecule has 8 atom stereocenters. The third kappa shape index (κ3) is 42.1. The fourth-order valence-electron chi connectivity index (χ4n) is 5.36. The van der Waals surface area contributed by atoms with E-state index in [2.05, 4.69) is 9.98 Å². The molecule has 8 unspecified atom stereocenters. The zero-order chi connectivity index (χ0) is 59.8. The predicted octanol–water partition coefficient (Wildman–Crippen LogP) is 0.212. The number of primary amides is 1. The van der Waals surface area contributed by atoms with Gasteiger partial charge in [-0.2, -0.15) is 0 Å². The first-order chi connectivity index (χ1) is 35.1. The van der Waals surface area contributed by atoms with E-state index in [0.29, 0.717) is 56.9 Å². The summed E-state index contributed by atoms with van der Waals surface area (Å²) >= 11 is 0. The fraction of sp³-hybridized carbons (Fsp3) is 0.531. The van der Waals surface area contributed by atoms with E-state index in [1.807, 2.05) is 102 Å². The number of aliphatic carboxylic acids is 7. The lowest BCUT2D eigenvalue weighted by Crippen LogP contribution is -2.36. The van der Waals surface area contributed by atoms with Crippen molar-refractivity contribution < 1.29 is 74.1 Å². The van der Waals surface area contributed by atoms with Crippen molar-refractivity contribution in [3.8, 4) is 0 Å². The van der Waals surface area contributed by atoms with Gasteiger partial charge in [0.05, 0.1) is 0 Å². The Hall–Kier alpha value is -7.27. The number of aliphatic imine (C=N–C) groups is 1. The van der Waals surface area contributed by atoms with Gasteiger partial charge in [0.1, 0.15) is 42.3 Å². The second kappa shape index (κ2) is 43.0. The average molecular weight is 1080 g/mol. The number of nitrogens with zero attached hydrogens (tertiary/aromatic N) is 1. The van der Waals surface area contributed by atoms with Crippen LogP contribution in [0.4, 0.5) is 0 Å². The number of para-hydroxylation sites is 1. The van der Waals surface area contributed by atoms with Crippen molar-refractivity contribution in [2.24, 2.45) is 80.1 Å². The summed E-state index contributed by atoms with van der Waals surface area (Å²) in [5, 5.41) is 59.8. The lowest BCUT2D eigenvalue weighted by atomic mass is 10.0.